The second-order valence-electron chi connectivity index (χ2n) is 1.24. The predicted molar refractivity (Wildman–Crippen MR) is 27.4 cm³/mol. The number of carbonyl (C=O) groups is 1. The number of hydrogen-bond donors (Lipinski definition) is 1. The second-order valence-corrected chi connectivity index (χ2v) is 2.43. The average Bonchev–Trinajstić information content (AvgIpc) is 1.65. The number of carboxylic acid groups (broad SMARTS) is 1. The van der Waals surface area contributed by atoms with Crippen LogP contribution in [0.1, 0.15) is 13.3 Å². The van der Waals surface area contributed by atoms with E-state index in [9.17, 15) is 4.79 Å². The van der Waals surface area contributed by atoms with E-state index < -0.39 is 5.97 Å². The Bertz CT molecular complexity index is 72.1. The van der Waals surface area contributed by atoms with Gasteiger partial charge in [-0.05, 0) is 0 Å². The third-order valence-corrected chi connectivity index (χ3v) is 1.77. The van der Waals surface area contributed by atoms with Crippen LogP contribution in [0.15, 0.2) is 0 Å². The van der Waals surface area contributed by atoms with Crippen molar-refractivity contribution in [3.8, 4) is 0 Å². The molecule has 0 aromatic rings. The van der Waals surface area contributed by atoms with Crippen LogP contribution in [-0.4, -0.2) is 27.1 Å². The van der Waals surface area contributed by atoms with Gasteiger partial charge in [-0.1, -0.05) is 0 Å². The molecule has 0 fully saturated rings. The van der Waals surface area contributed by atoms with Gasteiger partial charge in [-0.2, -0.15) is 0 Å². The summed E-state index contributed by atoms with van der Waals surface area (Å²) < 4.78 is 0. The Hall–Kier alpha value is -0.0105. The number of aliphatic carboxylic acids is 1. The van der Waals surface area contributed by atoms with Gasteiger partial charge in [0.25, 0.3) is 0 Å². The Morgan fingerprint density at radius 1 is 2.00 bits per heavy atom. The van der Waals surface area contributed by atoms with Crippen molar-refractivity contribution in [3.05, 3.63) is 0 Å². The Balaban J connectivity index is 3.34. The van der Waals surface area contributed by atoms with Gasteiger partial charge in [-0.15, -0.1) is 0 Å². The molecular formula is C4H7O2Se. The van der Waals surface area contributed by atoms with Gasteiger partial charge < -0.3 is 0 Å². The summed E-state index contributed by atoms with van der Waals surface area (Å²) in [5.41, 5.74) is 0. The van der Waals surface area contributed by atoms with E-state index >= 15 is 0 Å². The van der Waals surface area contributed by atoms with Crippen molar-refractivity contribution in [1.29, 1.82) is 0 Å². The Morgan fingerprint density at radius 2 is 2.43 bits per heavy atom. The fourth-order valence-electron chi connectivity index (χ4n) is 0.175. The van der Waals surface area contributed by atoms with Crippen LogP contribution in [0.25, 0.3) is 0 Å². The molecule has 0 saturated carbocycles. The van der Waals surface area contributed by atoms with E-state index in [2.05, 4.69) is 16.0 Å². The summed E-state index contributed by atoms with van der Waals surface area (Å²) in [7, 11) is 0. The molecule has 0 saturated heterocycles. The van der Waals surface area contributed by atoms with Gasteiger partial charge in [0.2, 0.25) is 0 Å². The zero-order valence-corrected chi connectivity index (χ0v) is 5.76. The maximum absolute atomic E-state index is 9.90. The van der Waals surface area contributed by atoms with Crippen molar-refractivity contribution in [2.75, 3.05) is 0 Å². The fraction of sp³-hybridized carbons (Fsp3) is 0.750. The molecule has 0 aromatic heterocycles. The quantitative estimate of drug-likeness (QED) is 0.604. The van der Waals surface area contributed by atoms with Gasteiger partial charge in [-0.3, -0.25) is 0 Å². The van der Waals surface area contributed by atoms with E-state index in [-0.39, 0.29) is 4.82 Å². The first-order chi connectivity index (χ1) is 3.18. The molecule has 3 heteroatoms. The van der Waals surface area contributed by atoms with E-state index in [0.717, 1.165) is 0 Å². The Labute approximate surface area is 50.7 Å². The molecule has 0 aliphatic carbocycles. The molecule has 0 bridgehead atoms. The molecule has 0 heterocycles. The summed E-state index contributed by atoms with van der Waals surface area (Å²) in [6.45, 7) is 1.83. The topological polar surface area (TPSA) is 37.3 Å². The third kappa shape index (κ3) is 2.66. The first-order valence-electron chi connectivity index (χ1n) is 2.07. The predicted octanol–water partition coefficient (Wildman–Crippen LogP) is 0.438. The summed E-state index contributed by atoms with van der Waals surface area (Å²) in [5, 5.41) is 8.15. The molecule has 1 radical (unpaired) electrons. The number of carboxylic acids is 1. The zero-order valence-electron chi connectivity index (χ0n) is 4.05. The molecule has 1 unspecified atom stereocenters. The van der Waals surface area contributed by atoms with Gasteiger partial charge in [0.05, 0.1) is 0 Å². The SMILES string of the molecule is CCC([Se])C(=O)O. The van der Waals surface area contributed by atoms with Crippen molar-refractivity contribution < 1.29 is 9.90 Å². The van der Waals surface area contributed by atoms with Gasteiger partial charge in [0.15, 0.2) is 0 Å². The van der Waals surface area contributed by atoms with Crippen LogP contribution in [0.4, 0.5) is 0 Å². The number of hydrogen-bond acceptors (Lipinski definition) is 1. The first kappa shape index (κ1) is 6.99. The van der Waals surface area contributed by atoms with Crippen LogP contribution in [0, 0.1) is 0 Å². The molecule has 0 aliphatic rings. The summed E-state index contributed by atoms with van der Waals surface area (Å²) in [5.74, 6) is -0.762. The molecule has 0 amide bonds. The van der Waals surface area contributed by atoms with Gasteiger partial charge in [-0.25, -0.2) is 0 Å². The maximum atomic E-state index is 9.90. The summed E-state index contributed by atoms with van der Waals surface area (Å²) >= 11 is 2.53. The molecule has 1 atom stereocenters. The molecular weight excluding hydrogens is 159 g/mol. The van der Waals surface area contributed by atoms with Crippen molar-refractivity contribution >= 4 is 22.0 Å². The Kier molecular flexibility index (Phi) is 3.05. The summed E-state index contributed by atoms with van der Waals surface area (Å²) in [6.07, 6.45) is 0.662. The van der Waals surface area contributed by atoms with Crippen molar-refractivity contribution in [2.24, 2.45) is 0 Å². The van der Waals surface area contributed by atoms with E-state index in [4.69, 9.17) is 5.11 Å². The monoisotopic (exact) mass is 167 g/mol. The van der Waals surface area contributed by atoms with Gasteiger partial charge >= 0.3 is 50.0 Å². The zero-order chi connectivity index (χ0) is 5.86. The van der Waals surface area contributed by atoms with Crippen LogP contribution in [-0.2, 0) is 4.79 Å². The third-order valence-electron chi connectivity index (χ3n) is 0.646. The minimum absolute atomic E-state index is 0.306. The van der Waals surface area contributed by atoms with Crippen LogP contribution < -0.4 is 0 Å². The molecule has 7 heavy (non-hydrogen) atoms. The molecule has 41 valence electrons. The van der Waals surface area contributed by atoms with Crippen LogP contribution in [0.5, 0.6) is 0 Å². The van der Waals surface area contributed by atoms with Crippen LogP contribution >= 0.6 is 0 Å². The molecule has 0 spiro atoms. The van der Waals surface area contributed by atoms with E-state index in [1.807, 2.05) is 6.92 Å². The molecule has 0 aromatic carbocycles. The van der Waals surface area contributed by atoms with E-state index in [0.29, 0.717) is 6.42 Å². The summed E-state index contributed by atoms with van der Waals surface area (Å²) in [6, 6.07) is 0. The van der Waals surface area contributed by atoms with E-state index in [1.54, 1.807) is 0 Å². The molecule has 0 aliphatic heterocycles. The second kappa shape index (κ2) is 3.05. The average molecular weight is 166 g/mol. The van der Waals surface area contributed by atoms with Crippen molar-refractivity contribution in [3.63, 3.8) is 0 Å². The minimum atomic E-state index is -0.762. The summed E-state index contributed by atoms with van der Waals surface area (Å²) in [4.78, 5) is 9.59. The standard InChI is InChI=1S/C4H7O2Se/c1-2-3(7)4(5)6/h3H,2H2,1H3,(H,5,6). The first-order valence-corrected chi connectivity index (χ1v) is 3.06. The van der Waals surface area contributed by atoms with Gasteiger partial charge in [0, 0.05) is 0 Å². The molecule has 2 nitrogen and oxygen atoms in total. The normalized spacial score (nSPS) is 13.4. The molecule has 0 rings (SSSR count). The van der Waals surface area contributed by atoms with Crippen molar-refractivity contribution in [1.82, 2.24) is 0 Å². The van der Waals surface area contributed by atoms with Crippen LogP contribution in [0.3, 0.4) is 0 Å². The number of rotatable bonds is 2. The Morgan fingerprint density at radius 3 is 2.43 bits per heavy atom. The van der Waals surface area contributed by atoms with E-state index in [1.165, 1.54) is 0 Å². The molecule has 1 N–H and O–H groups in total. The fourth-order valence-corrected chi connectivity index (χ4v) is 0.175. The van der Waals surface area contributed by atoms with Crippen molar-refractivity contribution in [2.45, 2.75) is 18.2 Å². The van der Waals surface area contributed by atoms with Crippen LogP contribution in [0.2, 0.25) is 4.82 Å². The van der Waals surface area contributed by atoms with Gasteiger partial charge in [0.1, 0.15) is 0 Å².